The SMILES string of the molecule is CCCCc1ccc(NC(=O)CSc2ccc(N3CCc4ccccc4C3)nn2)cc1. The highest BCUT2D eigenvalue weighted by Crippen LogP contribution is 2.24. The summed E-state index contributed by atoms with van der Waals surface area (Å²) in [6.07, 6.45) is 4.48. The van der Waals surface area contributed by atoms with Gasteiger partial charge in [0, 0.05) is 18.8 Å². The van der Waals surface area contributed by atoms with Gasteiger partial charge in [0.25, 0.3) is 0 Å². The highest BCUT2D eigenvalue weighted by molar-refractivity contribution is 7.99. The van der Waals surface area contributed by atoms with Crippen molar-refractivity contribution in [1.29, 1.82) is 0 Å². The number of thioether (sulfide) groups is 1. The first-order valence-corrected chi connectivity index (χ1v) is 11.9. The quantitative estimate of drug-likeness (QED) is 0.501. The van der Waals surface area contributed by atoms with Crippen LogP contribution in [0, 0.1) is 0 Å². The van der Waals surface area contributed by atoms with Crippen molar-refractivity contribution in [3.63, 3.8) is 0 Å². The minimum absolute atomic E-state index is 0.0372. The molecule has 3 aromatic rings. The van der Waals surface area contributed by atoms with Gasteiger partial charge >= 0.3 is 0 Å². The van der Waals surface area contributed by atoms with Crippen molar-refractivity contribution in [2.45, 2.75) is 44.2 Å². The van der Waals surface area contributed by atoms with Gasteiger partial charge in [-0.05, 0) is 60.2 Å². The van der Waals surface area contributed by atoms with E-state index in [0.717, 1.165) is 42.5 Å². The van der Waals surface area contributed by atoms with Crippen LogP contribution in [0.3, 0.4) is 0 Å². The van der Waals surface area contributed by atoms with Gasteiger partial charge in [-0.25, -0.2) is 0 Å². The first-order valence-electron chi connectivity index (χ1n) is 10.9. The van der Waals surface area contributed by atoms with Crippen LogP contribution < -0.4 is 10.2 Å². The number of benzene rings is 2. The number of unbranched alkanes of at least 4 members (excludes halogenated alkanes) is 1. The molecule has 0 aliphatic carbocycles. The predicted molar refractivity (Wildman–Crippen MR) is 128 cm³/mol. The number of aryl methyl sites for hydroxylation is 1. The summed E-state index contributed by atoms with van der Waals surface area (Å²) < 4.78 is 0. The minimum atomic E-state index is -0.0372. The summed E-state index contributed by atoms with van der Waals surface area (Å²) >= 11 is 1.40. The topological polar surface area (TPSA) is 58.1 Å². The zero-order valence-corrected chi connectivity index (χ0v) is 18.7. The molecule has 0 bridgehead atoms. The summed E-state index contributed by atoms with van der Waals surface area (Å²) in [7, 11) is 0. The molecule has 0 spiro atoms. The fraction of sp³-hybridized carbons (Fsp3) is 0.320. The number of rotatable bonds is 8. The fourth-order valence-electron chi connectivity index (χ4n) is 3.72. The molecule has 31 heavy (non-hydrogen) atoms. The van der Waals surface area contributed by atoms with E-state index in [4.69, 9.17) is 0 Å². The molecule has 1 aromatic heterocycles. The first kappa shape index (κ1) is 21.4. The van der Waals surface area contributed by atoms with E-state index < -0.39 is 0 Å². The Bertz CT molecular complexity index is 1000. The highest BCUT2D eigenvalue weighted by atomic mass is 32.2. The van der Waals surface area contributed by atoms with Gasteiger partial charge in [-0.2, -0.15) is 0 Å². The van der Waals surface area contributed by atoms with Crippen LogP contribution in [0.1, 0.15) is 36.5 Å². The van der Waals surface area contributed by atoms with Crippen molar-refractivity contribution < 1.29 is 4.79 Å². The van der Waals surface area contributed by atoms with Gasteiger partial charge in [0.2, 0.25) is 5.91 Å². The fourth-order valence-corrected chi connectivity index (χ4v) is 4.34. The maximum absolute atomic E-state index is 12.3. The lowest BCUT2D eigenvalue weighted by molar-refractivity contribution is -0.113. The number of fused-ring (bicyclic) bond motifs is 1. The summed E-state index contributed by atoms with van der Waals surface area (Å²) in [5.74, 6) is 1.15. The smallest absolute Gasteiger partial charge is 0.234 e. The Labute approximate surface area is 188 Å². The maximum Gasteiger partial charge on any atom is 0.234 e. The zero-order chi connectivity index (χ0) is 21.5. The molecule has 6 heteroatoms. The van der Waals surface area contributed by atoms with Crippen LogP contribution in [0.4, 0.5) is 11.5 Å². The van der Waals surface area contributed by atoms with Crippen LogP contribution in [-0.2, 0) is 24.2 Å². The number of amides is 1. The number of nitrogens with zero attached hydrogens (tertiary/aromatic N) is 3. The number of anilines is 2. The van der Waals surface area contributed by atoms with Crippen molar-refractivity contribution in [3.05, 3.63) is 77.4 Å². The average molecular weight is 433 g/mol. The third-order valence-corrected chi connectivity index (χ3v) is 6.41. The van der Waals surface area contributed by atoms with Crippen LogP contribution in [0.25, 0.3) is 0 Å². The molecule has 0 radical (unpaired) electrons. The van der Waals surface area contributed by atoms with Gasteiger partial charge in [0.15, 0.2) is 5.82 Å². The van der Waals surface area contributed by atoms with Crippen LogP contribution in [0.2, 0.25) is 0 Å². The van der Waals surface area contributed by atoms with Gasteiger partial charge in [-0.1, -0.05) is 61.5 Å². The number of aromatic nitrogens is 2. The number of nitrogens with one attached hydrogen (secondary N) is 1. The third-order valence-electron chi connectivity index (χ3n) is 5.49. The number of hydrogen-bond donors (Lipinski definition) is 1. The summed E-state index contributed by atoms with van der Waals surface area (Å²) in [5, 5.41) is 12.4. The molecule has 4 rings (SSSR count). The van der Waals surface area contributed by atoms with Crippen LogP contribution in [0.15, 0.2) is 65.7 Å². The molecule has 5 nitrogen and oxygen atoms in total. The molecular weight excluding hydrogens is 404 g/mol. The lowest BCUT2D eigenvalue weighted by Crippen LogP contribution is -2.31. The molecule has 2 aromatic carbocycles. The molecule has 1 aliphatic rings. The Balaban J connectivity index is 1.26. The lowest BCUT2D eigenvalue weighted by Gasteiger charge is -2.29. The van der Waals surface area contributed by atoms with E-state index in [-0.39, 0.29) is 5.91 Å². The number of carbonyl (C=O) groups excluding carboxylic acids is 1. The number of hydrogen-bond acceptors (Lipinski definition) is 5. The third kappa shape index (κ3) is 5.85. The summed E-state index contributed by atoms with van der Waals surface area (Å²) in [6.45, 7) is 3.99. The van der Waals surface area contributed by atoms with E-state index in [1.165, 1.54) is 41.3 Å². The second-order valence-electron chi connectivity index (χ2n) is 7.81. The molecule has 1 N–H and O–H groups in total. The van der Waals surface area contributed by atoms with E-state index in [1.54, 1.807) is 0 Å². The normalized spacial score (nSPS) is 13.0. The molecule has 160 valence electrons. The van der Waals surface area contributed by atoms with E-state index in [0.29, 0.717) is 5.75 Å². The molecule has 0 unspecified atom stereocenters. The summed E-state index contributed by atoms with van der Waals surface area (Å²) in [6, 6.07) is 20.6. The van der Waals surface area contributed by atoms with Gasteiger partial charge in [-0.15, -0.1) is 10.2 Å². The number of carbonyl (C=O) groups is 1. The van der Waals surface area contributed by atoms with Gasteiger partial charge in [-0.3, -0.25) is 4.79 Å². The summed E-state index contributed by atoms with van der Waals surface area (Å²) in [5.41, 5.74) is 4.91. The standard InChI is InChI=1S/C25H28N4OS/c1-2-3-6-19-9-11-22(12-10-19)26-24(30)18-31-25-14-13-23(27-28-25)29-16-15-20-7-4-5-8-21(20)17-29/h4-5,7-14H,2-3,6,15-18H2,1H3,(H,26,30). The van der Waals surface area contributed by atoms with Gasteiger partial charge < -0.3 is 10.2 Å². The molecule has 1 amide bonds. The van der Waals surface area contributed by atoms with Crippen LogP contribution >= 0.6 is 11.8 Å². The van der Waals surface area contributed by atoms with Crippen molar-refractivity contribution in [2.75, 3.05) is 22.5 Å². The molecule has 2 heterocycles. The van der Waals surface area contributed by atoms with Gasteiger partial charge in [0.1, 0.15) is 5.03 Å². The minimum Gasteiger partial charge on any atom is -0.350 e. The van der Waals surface area contributed by atoms with Crippen molar-refractivity contribution >= 4 is 29.2 Å². The van der Waals surface area contributed by atoms with Crippen molar-refractivity contribution in [1.82, 2.24) is 10.2 Å². The average Bonchev–Trinajstić information content (AvgIpc) is 2.82. The van der Waals surface area contributed by atoms with E-state index in [9.17, 15) is 4.79 Å². The Morgan fingerprint density at radius 1 is 1.03 bits per heavy atom. The van der Waals surface area contributed by atoms with Crippen LogP contribution in [0.5, 0.6) is 0 Å². The van der Waals surface area contributed by atoms with E-state index in [2.05, 4.69) is 63.7 Å². The molecule has 0 fully saturated rings. The Kier molecular flexibility index (Phi) is 7.20. The second-order valence-corrected chi connectivity index (χ2v) is 8.80. The highest BCUT2D eigenvalue weighted by Gasteiger charge is 2.17. The molecular formula is C25H28N4OS. The Hall–Kier alpha value is -2.86. The Morgan fingerprint density at radius 3 is 2.58 bits per heavy atom. The molecule has 0 saturated carbocycles. The molecule has 0 saturated heterocycles. The molecule has 1 aliphatic heterocycles. The van der Waals surface area contributed by atoms with E-state index in [1.807, 2.05) is 24.3 Å². The maximum atomic E-state index is 12.3. The molecule has 0 atom stereocenters. The van der Waals surface area contributed by atoms with Crippen molar-refractivity contribution in [2.24, 2.45) is 0 Å². The monoisotopic (exact) mass is 432 g/mol. The van der Waals surface area contributed by atoms with E-state index >= 15 is 0 Å². The van der Waals surface area contributed by atoms with Gasteiger partial charge in [0.05, 0.1) is 5.75 Å². The lowest BCUT2D eigenvalue weighted by atomic mass is 10.00. The Morgan fingerprint density at radius 2 is 1.84 bits per heavy atom. The summed E-state index contributed by atoms with van der Waals surface area (Å²) in [4.78, 5) is 14.5. The van der Waals surface area contributed by atoms with Crippen LogP contribution in [-0.4, -0.2) is 28.4 Å². The predicted octanol–water partition coefficient (Wildman–Crippen LogP) is 5.11. The zero-order valence-electron chi connectivity index (χ0n) is 17.9. The second kappa shape index (κ2) is 10.4. The first-order chi connectivity index (χ1) is 15.2. The van der Waals surface area contributed by atoms with Crippen molar-refractivity contribution in [3.8, 4) is 0 Å². The largest absolute Gasteiger partial charge is 0.350 e.